The van der Waals surface area contributed by atoms with Crippen molar-refractivity contribution in [1.29, 1.82) is 0 Å². The minimum absolute atomic E-state index is 0.0419. The van der Waals surface area contributed by atoms with Crippen molar-refractivity contribution in [2.75, 3.05) is 0 Å². The monoisotopic (exact) mass is 1740 g/mol. The predicted octanol–water partition coefficient (Wildman–Crippen LogP) is 29.1. The summed E-state index contributed by atoms with van der Waals surface area (Å²) in [5.41, 5.74) is 35.6. The first-order valence-corrected chi connectivity index (χ1v) is 45.5. The summed E-state index contributed by atoms with van der Waals surface area (Å²) in [4.78, 5) is 63.2. The van der Waals surface area contributed by atoms with Gasteiger partial charge in [0.1, 0.15) is 0 Å². The van der Waals surface area contributed by atoms with Crippen LogP contribution in [0.25, 0.3) is 203 Å². The Morgan fingerprint density at radius 3 is 0.704 bits per heavy atom. The van der Waals surface area contributed by atoms with Crippen LogP contribution in [-0.2, 0) is 16.2 Å². The third-order valence-corrected chi connectivity index (χ3v) is 26.2. The second-order valence-electron chi connectivity index (χ2n) is 35.8. The Balaban J connectivity index is 0.000000118. The van der Waals surface area contributed by atoms with Crippen molar-refractivity contribution >= 4 is 0 Å². The summed E-state index contributed by atoms with van der Waals surface area (Å²) in [6, 6.07) is 139. The number of pyridine rings is 2. The van der Waals surface area contributed by atoms with E-state index in [0.29, 0.717) is 58.2 Å². The van der Waals surface area contributed by atoms with Gasteiger partial charge in [0.15, 0.2) is 58.2 Å². The maximum atomic E-state index is 5.04. The summed E-state index contributed by atoms with van der Waals surface area (Å²) >= 11 is 0. The summed E-state index contributed by atoms with van der Waals surface area (Å²) in [6.07, 6.45) is 9.08. The van der Waals surface area contributed by atoms with E-state index in [9.17, 15) is 0 Å². The molecule has 0 amide bonds. The first-order chi connectivity index (χ1) is 66.1. The molecular weight excluding hydrogens is 1650 g/mol. The molecule has 13 nitrogen and oxygen atoms in total. The lowest BCUT2D eigenvalue weighted by atomic mass is 9.82. The zero-order chi connectivity index (χ0) is 91.1. The van der Waals surface area contributed by atoms with E-state index in [1.54, 1.807) is 18.6 Å². The molecular formula is C122H89N13. The van der Waals surface area contributed by atoms with Gasteiger partial charge in [0.05, 0.1) is 5.69 Å². The highest BCUT2D eigenvalue weighted by Gasteiger charge is 2.39. The minimum Gasteiger partial charge on any atom is -0.264 e. The molecule has 642 valence electrons. The number of fused-ring (bicyclic) bond motifs is 9. The summed E-state index contributed by atoms with van der Waals surface area (Å²) in [5.74, 6) is 6.30. The Morgan fingerprint density at radius 2 is 0.393 bits per heavy atom. The van der Waals surface area contributed by atoms with Gasteiger partial charge < -0.3 is 0 Å². The molecule has 21 aromatic rings. The SMILES string of the molecule is CC1(C)c2ccccc2-c2cc(-c3cc(-c4ccccn4)cc(-c4nc(-c5ccccc5)nc(-c5ccccc5)n4)c3)ccc21.CC1(C)c2ccccc2-c2cc(-c3cc(-c4cccnc4)cc(-c4nc(-c5ccccc5)nc(-c5ccccc5)n4)c3)ccc21.CC1(C)c2ccccc2-c2cc(-c3cc(-c4ncccn4)cc(-c4nc(-c5ccccc5)nc(-c5ccccc5)n4)c3)ccc21. The Morgan fingerprint density at radius 1 is 0.148 bits per heavy atom. The maximum Gasteiger partial charge on any atom is 0.164 e. The van der Waals surface area contributed by atoms with E-state index >= 15 is 0 Å². The second-order valence-corrected chi connectivity index (χ2v) is 35.8. The third kappa shape index (κ3) is 16.3. The molecule has 6 aromatic heterocycles. The molecule has 15 aromatic carbocycles. The van der Waals surface area contributed by atoms with E-state index in [4.69, 9.17) is 49.8 Å². The summed E-state index contributed by atoms with van der Waals surface area (Å²) in [5, 5.41) is 0. The molecule has 0 saturated heterocycles. The van der Waals surface area contributed by atoms with Crippen molar-refractivity contribution in [3.8, 4) is 203 Å². The number of benzene rings is 15. The molecule has 0 fully saturated rings. The van der Waals surface area contributed by atoms with Crippen LogP contribution in [0.1, 0.15) is 74.9 Å². The van der Waals surface area contributed by atoms with E-state index < -0.39 is 0 Å². The summed E-state index contributed by atoms with van der Waals surface area (Å²) in [6.45, 7) is 13.9. The predicted molar refractivity (Wildman–Crippen MR) is 545 cm³/mol. The fraction of sp³-hybridized carbons (Fsp3) is 0.0738. The summed E-state index contributed by atoms with van der Waals surface area (Å²) in [7, 11) is 0. The van der Waals surface area contributed by atoms with Crippen molar-refractivity contribution in [2.24, 2.45) is 0 Å². The standard InChI is InChI=1S/2C41H30N4.C40H29N5/c1-41(2)35-18-10-9-17-33(35)34-26-29(20-21-36(34)41)30-23-31(37-19-11-12-22-42-37)25-32(24-30)40-44-38(27-13-5-3-6-14-27)43-39(45-40)28-15-7-4-8-16-28;1-41(2)36-18-10-9-17-34(36)35-25-29(19-20-37(35)41)31-22-32(30-16-11-21-42-26-30)24-33(23-31)40-44-38(27-12-5-3-6-13-27)43-39(45-40)28-14-7-4-8-15-28;1-40(2)34-17-10-9-16-32(34)33-25-28(18-19-35(33)40)29-22-30(36-41-20-11-21-42-36)24-31(23-29)39-44-37(26-12-5-3-6-13-26)43-38(45-39)27-14-7-4-8-15-27/h2*3-26H,1-2H3;3-25H,1-2H3. The highest BCUT2D eigenvalue weighted by molar-refractivity contribution is 5.91. The van der Waals surface area contributed by atoms with Crippen LogP contribution >= 0.6 is 0 Å². The molecule has 0 saturated carbocycles. The summed E-state index contributed by atoms with van der Waals surface area (Å²) < 4.78 is 0. The van der Waals surface area contributed by atoms with E-state index in [-0.39, 0.29) is 16.2 Å². The lowest BCUT2D eigenvalue weighted by Gasteiger charge is -2.21. The second kappa shape index (κ2) is 35.2. The number of hydrogen-bond acceptors (Lipinski definition) is 13. The van der Waals surface area contributed by atoms with Crippen LogP contribution in [0.5, 0.6) is 0 Å². The fourth-order valence-electron chi connectivity index (χ4n) is 19.2. The number of aromatic nitrogens is 13. The number of rotatable bonds is 15. The van der Waals surface area contributed by atoms with Crippen LogP contribution in [0.2, 0.25) is 0 Å². The number of nitrogens with zero attached hydrogens (tertiary/aromatic N) is 13. The van der Waals surface area contributed by atoms with Gasteiger partial charge in [-0.15, -0.1) is 0 Å². The van der Waals surface area contributed by atoms with Gasteiger partial charge in [-0.25, -0.2) is 54.8 Å². The van der Waals surface area contributed by atoms with Gasteiger partial charge in [-0.05, 0) is 203 Å². The molecule has 0 N–H and O–H groups in total. The smallest absolute Gasteiger partial charge is 0.164 e. The van der Waals surface area contributed by atoms with Crippen LogP contribution in [0.15, 0.2) is 431 Å². The Kier molecular flexibility index (Phi) is 21.7. The number of hydrogen-bond donors (Lipinski definition) is 0. The molecule has 3 aliphatic rings. The molecule has 13 heteroatoms. The van der Waals surface area contributed by atoms with E-state index in [1.807, 2.05) is 225 Å². The molecule has 3 aliphatic carbocycles. The molecule has 24 rings (SSSR count). The van der Waals surface area contributed by atoms with Gasteiger partial charge in [-0.1, -0.05) is 345 Å². The van der Waals surface area contributed by atoms with E-state index in [0.717, 1.165) is 111 Å². The van der Waals surface area contributed by atoms with Gasteiger partial charge >= 0.3 is 0 Å². The topological polar surface area (TPSA) is 168 Å². The van der Waals surface area contributed by atoms with Crippen molar-refractivity contribution < 1.29 is 0 Å². The minimum atomic E-state index is -0.0537. The van der Waals surface area contributed by atoms with Crippen LogP contribution in [0.3, 0.4) is 0 Å². The lowest BCUT2D eigenvalue weighted by Crippen LogP contribution is -2.14. The van der Waals surface area contributed by atoms with Gasteiger partial charge in [-0.2, -0.15) is 0 Å². The molecule has 135 heavy (non-hydrogen) atoms. The van der Waals surface area contributed by atoms with Gasteiger partial charge in [-0.3, -0.25) is 9.97 Å². The Bertz CT molecular complexity index is 7100. The molecule has 6 heterocycles. The highest BCUT2D eigenvalue weighted by Crippen LogP contribution is 2.54. The first kappa shape index (κ1) is 83.3. The molecule has 0 radical (unpaired) electrons. The largest absolute Gasteiger partial charge is 0.264 e. The van der Waals surface area contributed by atoms with Crippen molar-refractivity contribution in [2.45, 2.75) is 57.8 Å². The van der Waals surface area contributed by atoms with Crippen molar-refractivity contribution in [3.05, 3.63) is 465 Å². The third-order valence-electron chi connectivity index (χ3n) is 26.2. The van der Waals surface area contributed by atoms with Gasteiger partial charge in [0, 0.05) is 114 Å². The molecule has 0 spiro atoms. The van der Waals surface area contributed by atoms with Crippen LogP contribution in [0, 0.1) is 0 Å². The van der Waals surface area contributed by atoms with Crippen LogP contribution < -0.4 is 0 Å². The van der Waals surface area contributed by atoms with Gasteiger partial charge in [0.25, 0.3) is 0 Å². The van der Waals surface area contributed by atoms with Crippen LogP contribution in [0.4, 0.5) is 0 Å². The molecule has 0 atom stereocenters. The highest BCUT2D eigenvalue weighted by atomic mass is 15.1. The van der Waals surface area contributed by atoms with Crippen LogP contribution in [-0.4, -0.2) is 64.8 Å². The normalized spacial score (nSPS) is 12.8. The van der Waals surface area contributed by atoms with E-state index in [1.165, 1.54) is 66.8 Å². The average molecular weight is 1740 g/mol. The Hall–Kier alpha value is -17.3. The Labute approximate surface area is 785 Å². The zero-order valence-electron chi connectivity index (χ0n) is 75.3. The first-order valence-electron chi connectivity index (χ1n) is 45.5. The molecule has 0 bridgehead atoms. The molecule has 0 aliphatic heterocycles. The van der Waals surface area contributed by atoms with E-state index in [2.05, 4.69) is 245 Å². The fourth-order valence-corrected chi connectivity index (χ4v) is 19.2. The lowest BCUT2D eigenvalue weighted by molar-refractivity contribution is 0.660. The quantitative estimate of drug-likeness (QED) is 0.0952. The van der Waals surface area contributed by atoms with Crippen molar-refractivity contribution in [3.63, 3.8) is 0 Å². The zero-order valence-corrected chi connectivity index (χ0v) is 75.3. The molecule has 0 unspecified atom stereocenters. The maximum absolute atomic E-state index is 5.04. The van der Waals surface area contributed by atoms with Crippen molar-refractivity contribution in [1.82, 2.24) is 64.8 Å². The average Bonchev–Trinajstić information content (AvgIpc) is 1.59. The van der Waals surface area contributed by atoms with Gasteiger partial charge in [0.2, 0.25) is 0 Å².